The zero-order chi connectivity index (χ0) is 16.8. The number of rotatable bonds is 3. The second-order valence-corrected chi connectivity index (χ2v) is 6.33. The fraction of sp³-hybridized carbons (Fsp3) is 0.0667. The van der Waals surface area contributed by atoms with Gasteiger partial charge in [0.2, 0.25) is 6.79 Å². The van der Waals surface area contributed by atoms with E-state index in [1.807, 2.05) is 0 Å². The second kappa shape index (κ2) is 5.43. The molecule has 4 rings (SSSR count). The number of anilines is 1. The van der Waals surface area contributed by atoms with Gasteiger partial charge in [-0.05, 0) is 6.07 Å². The van der Waals surface area contributed by atoms with Crippen LogP contribution in [0.15, 0.2) is 23.6 Å². The summed E-state index contributed by atoms with van der Waals surface area (Å²) in [6.45, 7) is 0.105. The molecule has 1 aliphatic rings. The van der Waals surface area contributed by atoms with Gasteiger partial charge < -0.3 is 24.9 Å². The van der Waals surface area contributed by atoms with Crippen LogP contribution in [-0.4, -0.2) is 28.8 Å². The lowest BCUT2D eigenvalue weighted by Crippen LogP contribution is -2.12. The summed E-state index contributed by atoms with van der Waals surface area (Å²) in [6, 6.07) is 4.74. The minimum atomic E-state index is -1.05. The summed E-state index contributed by atoms with van der Waals surface area (Å²) < 4.78 is 11.2. The van der Waals surface area contributed by atoms with E-state index in [1.54, 1.807) is 18.2 Å². The molecule has 0 radical (unpaired) electrons. The van der Waals surface area contributed by atoms with Crippen molar-refractivity contribution in [3.05, 3.63) is 39.9 Å². The molecule has 0 fully saturated rings. The molecule has 1 aliphatic heterocycles. The highest BCUT2D eigenvalue weighted by molar-refractivity contribution is 7.17. The molecule has 0 aliphatic carbocycles. The molecule has 122 valence electrons. The Morgan fingerprint density at radius 1 is 1.25 bits per heavy atom. The molecule has 0 spiro atoms. The van der Waals surface area contributed by atoms with Gasteiger partial charge in [0.05, 0.1) is 26.5 Å². The zero-order valence-electron chi connectivity index (χ0n) is 11.9. The van der Waals surface area contributed by atoms with Gasteiger partial charge in [-0.25, -0.2) is 4.79 Å². The lowest BCUT2D eigenvalue weighted by molar-refractivity contribution is 0.0699. The van der Waals surface area contributed by atoms with Crippen LogP contribution >= 0.6 is 22.9 Å². The predicted octanol–water partition coefficient (Wildman–Crippen LogP) is 3.56. The first-order valence-electron chi connectivity index (χ1n) is 6.77. The van der Waals surface area contributed by atoms with Crippen molar-refractivity contribution in [2.75, 3.05) is 12.1 Å². The third-order valence-corrected chi connectivity index (χ3v) is 4.78. The van der Waals surface area contributed by atoms with Crippen LogP contribution in [0.2, 0.25) is 5.02 Å². The third kappa shape index (κ3) is 2.36. The number of amides is 1. The number of aromatic amines is 1. The normalized spacial score (nSPS) is 12.5. The van der Waals surface area contributed by atoms with E-state index in [0.29, 0.717) is 32.4 Å². The summed E-state index contributed by atoms with van der Waals surface area (Å²) in [4.78, 5) is 26.4. The molecular weight excluding hydrogens is 356 g/mol. The van der Waals surface area contributed by atoms with Gasteiger partial charge in [-0.15, -0.1) is 11.3 Å². The molecule has 1 aromatic carbocycles. The van der Waals surface area contributed by atoms with E-state index in [2.05, 4.69) is 10.3 Å². The van der Waals surface area contributed by atoms with Crippen LogP contribution in [0.5, 0.6) is 11.5 Å². The van der Waals surface area contributed by atoms with E-state index >= 15 is 0 Å². The number of hydrogen-bond acceptors (Lipinski definition) is 5. The van der Waals surface area contributed by atoms with Gasteiger partial charge in [-0.2, -0.15) is 0 Å². The molecular formula is C15H9ClN2O5S. The number of fused-ring (bicyclic) bond motifs is 2. The van der Waals surface area contributed by atoms with Gasteiger partial charge in [0.1, 0.15) is 5.69 Å². The third-order valence-electron chi connectivity index (χ3n) is 3.54. The second-order valence-electron chi connectivity index (χ2n) is 5.02. The molecule has 24 heavy (non-hydrogen) atoms. The van der Waals surface area contributed by atoms with Crippen LogP contribution in [-0.2, 0) is 0 Å². The Labute approximate surface area is 143 Å². The van der Waals surface area contributed by atoms with Crippen molar-refractivity contribution in [3.8, 4) is 11.5 Å². The standard InChI is InChI=1S/C15H9ClN2O5S/c16-7-1-10-11(23-5-22-10)2-8(7)18-14(19)9-3-12-13(17-9)6(4-24-12)15(20)21/h1-4,17H,5H2,(H,18,19)(H,20,21). The highest BCUT2D eigenvalue weighted by atomic mass is 35.5. The number of ether oxygens (including phenoxy) is 2. The van der Waals surface area contributed by atoms with Crippen molar-refractivity contribution in [3.63, 3.8) is 0 Å². The Kier molecular flexibility index (Phi) is 3.36. The van der Waals surface area contributed by atoms with Crippen molar-refractivity contribution in [1.29, 1.82) is 0 Å². The molecule has 3 heterocycles. The Bertz CT molecular complexity index is 993. The molecule has 0 bridgehead atoms. The van der Waals surface area contributed by atoms with Crippen LogP contribution in [0, 0.1) is 0 Å². The number of H-pyrrole nitrogens is 1. The number of aromatic nitrogens is 1. The average Bonchev–Trinajstić information content (AvgIpc) is 3.20. The zero-order valence-corrected chi connectivity index (χ0v) is 13.5. The molecule has 3 N–H and O–H groups in total. The SMILES string of the molecule is O=C(Nc1cc2c(cc1Cl)OCO2)c1cc2scc(C(=O)O)c2[nH]1. The summed E-state index contributed by atoms with van der Waals surface area (Å²) >= 11 is 7.38. The Balaban J connectivity index is 1.64. The first kappa shape index (κ1) is 14.9. The van der Waals surface area contributed by atoms with Crippen LogP contribution in [0.3, 0.4) is 0 Å². The van der Waals surface area contributed by atoms with E-state index in [1.165, 1.54) is 16.7 Å². The number of aromatic carboxylic acids is 1. The van der Waals surface area contributed by atoms with Gasteiger partial charge in [-0.3, -0.25) is 4.79 Å². The smallest absolute Gasteiger partial charge is 0.338 e. The van der Waals surface area contributed by atoms with Crippen molar-refractivity contribution in [2.45, 2.75) is 0 Å². The maximum absolute atomic E-state index is 12.4. The van der Waals surface area contributed by atoms with Gasteiger partial charge in [0.15, 0.2) is 11.5 Å². The number of halogens is 1. The number of benzene rings is 1. The van der Waals surface area contributed by atoms with E-state index in [0.717, 1.165) is 0 Å². The molecule has 0 saturated heterocycles. The van der Waals surface area contributed by atoms with Crippen molar-refractivity contribution >= 4 is 50.7 Å². The summed E-state index contributed by atoms with van der Waals surface area (Å²) in [5.41, 5.74) is 1.18. The Morgan fingerprint density at radius 3 is 2.75 bits per heavy atom. The number of carbonyl (C=O) groups excluding carboxylic acids is 1. The molecule has 0 saturated carbocycles. The number of carboxylic acid groups (broad SMARTS) is 1. The molecule has 7 nitrogen and oxygen atoms in total. The van der Waals surface area contributed by atoms with Gasteiger partial charge in [-0.1, -0.05) is 11.6 Å². The monoisotopic (exact) mass is 364 g/mol. The maximum Gasteiger partial charge on any atom is 0.338 e. The summed E-state index contributed by atoms with van der Waals surface area (Å²) in [7, 11) is 0. The van der Waals surface area contributed by atoms with E-state index in [4.69, 9.17) is 26.2 Å². The van der Waals surface area contributed by atoms with Crippen LogP contribution in [0.25, 0.3) is 10.2 Å². The molecule has 1 amide bonds. The van der Waals surface area contributed by atoms with Crippen molar-refractivity contribution in [1.82, 2.24) is 4.98 Å². The first-order chi connectivity index (χ1) is 11.5. The van der Waals surface area contributed by atoms with Crippen LogP contribution < -0.4 is 14.8 Å². The maximum atomic E-state index is 12.4. The Hall–Kier alpha value is -2.71. The Morgan fingerprint density at radius 2 is 2.00 bits per heavy atom. The lowest BCUT2D eigenvalue weighted by Gasteiger charge is -2.07. The van der Waals surface area contributed by atoms with Crippen molar-refractivity contribution < 1.29 is 24.2 Å². The van der Waals surface area contributed by atoms with E-state index < -0.39 is 11.9 Å². The fourth-order valence-electron chi connectivity index (χ4n) is 2.39. The highest BCUT2D eigenvalue weighted by Crippen LogP contribution is 2.39. The quantitative estimate of drug-likeness (QED) is 0.659. The first-order valence-corrected chi connectivity index (χ1v) is 8.02. The number of carboxylic acids is 1. The molecule has 0 unspecified atom stereocenters. The van der Waals surface area contributed by atoms with Crippen molar-refractivity contribution in [2.24, 2.45) is 0 Å². The van der Waals surface area contributed by atoms with Crippen LogP contribution in [0.4, 0.5) is 5.69 Å². The number of thiophene rings is 1. The molecule has 2 aromatic heterocycles. The van der Waals surface area contributed by atoms with Gasteiger partial charge >= 0.3 is 5.97 Å². The number of carbonyl (C=O) groups is 2. The minimum Gasteiger partial charge on any atom is -0.478 e. The number of nitrogens with one attached hydrogen (secondary N) is 2. The molecule has 0 atom stereocenters. The fourth-order valence-corrected chi connectivity index (χ4v) is 3.52. The average molecular weight is 365 g/mol. The largest absolute Gasteiger partial charge is 0.478 e. The van der Waals surface area contributed by atoms with Gasteiger partial charge in [0.25, 0.3) is 5.91 Å². The molecule has 3 aromatic rings. The van der Waals surface area contributed by atoms with E-state index in [9.17, 15) is 9.59 Å². The lowest BCUT2D eigenvalue weighted by atomic mass is 10.2. The van der Waals surface area contributed by atoms with E-state index in [-0.39, 0.29) is 18.1 Å². The summed E-state index contributed by atoms with van der Waals surface area (Å²) in [5.74, 6) is -0.468. The topological polar surface area (TPSA) is 101 Å². The van der Waals surface area contributed by atoms with Gasteiger partial charge in [0, 0.05) is 17.5 Å². The predicted molar refractivity (Wildman–Crippen MR) is 88.7 cm³/mol. The minimum absolute atomic E-state index is 0.105. The molecule has 9 heteroatoms. The van der Waals surface area contributed by atoms with Crippen LogP contribution in [0.1, 0.15) is 20.8 Å². The number of hydrogen-bond donors (Lipinski definition) is 3. The summed E-state index contributed by atoms with van der Waals surface area (Å²) in [5, 5.41) is 13.6. The summed E-state index contributed by atoms with van der Waals surface area (Å²) in [6.07, 6.45) is 0. The highest BCUT2D eigenvalue weighted by Gasteiger charge is 2.20.